The number of thioether (sulfide) groups is 1. The Labute approximate surface area is 119 Å². The zero-order chi connectivity index (χ0) is 14.5. The first kappa shape index (κ1) is 14.1. The molecular formula is C13H12N2O4S. The second-order valence-electron chi connectivity index (χ2n) is 3.67. The molecule has 0 amide bonds. The van der Waals surface area contributed by atoms with Crippen LogP contribution < -0.4 is 9.47 Å². The van der Waals surface area contributed by atoms with Gasteiger partial charge in [0.05, 0.1) is 7.11 Å². The molecule has 2 rings (SSSR count). The van der Waals surface area contributed by atoms with Gasteiger partial charge in [-0.3, -0.25) is 0 Å². The fourth-order valence-corrected chi connectivity index (χ4v) is 1.87. The lowest BCUT2D eigenvalue weighted by Gasteiger charge is -2.09. The summed E-state index contributed by atoms with van der Waals surface area (Å²) in [6.07, 6.45) is 3.24. The van der Waals surface area contributed by atoms with Crippen LogP contribution in [0.1, 0.15) is 10.4 Å². The van der Waals surface area contributed by atoms with E-state index in [0.717, 1.165) is 5.03 Å². The van der Waals surface area contributed by atoms with Crippen molar-refractivity contribution in [3.63, 3.8) is 0 Å². The third-order valence-electron chi connectivity index (χ3n) is 2.46. The third kappa shape index (κ3) is 3.18. The number of carbonyl (C=O) groups is 1. The largest absolute Gasteiger partial charge is 0.497 e. The van der Waals surface area contributed by atoms with Crippen molar-refractivity contribution < 1.29 is 19.4 Å². The van der Waals surface area contributed by atoms with E-state index in [0.29, 0.717) is 5.75 Å². The summed E-state index contributed by atoms with van der Waals surface area (Å²) in [7, 11) is 1.47. The maximum absolute atomic E-state index is 11.2. The first-order valence-corrected chi connectivity index (χ1v) is 6.81. The van der Waals surface area contributed by atoms with Crippen molar-refractivity contribution in [3.05, 3.63) is 36.2 Å². The Hall–Kier alpha value is -2.28. The molecule has 0 unspecified atom stereocenters. The minimum absolute atomic E-state index is 0.00802. The van der Waals surface area contributed by atoms with Crippen molar-refractivity contribution in [2.75, 3.05) is 13.4 Å². The number of ether oxygens (including phenoxy) is 2. The van der Waals surface area contributed by atoms with Crippen LogP contribution in [0, 0.1) is 0 Å². The van der Waals surface area contributed by atoms with Gasteiger partial charge < -0.3 is 14.6 Å². The molecule has 1 aromatic heterocycles. The lowest BCUT2D eigenvalue weighted by molar-refractivity contribution is 0.0693. The average Bonchev–Trinajstić information content (AvgIpc) is 2.47. The van der Waals surface area contributed by atoms with E-state index >= 15 is 0 Å². The van der Waals surface area contributed by atoms with Crippen molar-refractivity contribution in [3.8, 4) is 17.4 Å². The number of hydrogen-bond acceptors (Lipinski definition) is 6. The second kappa shape index (κ2) is 6.25. The van der Waals surface area contributed by atoms with Gasteiger partial charge in [0.25, 0.3) is 0 Å². The van der Waals surface area contributed by atoms with Gasteiger partial charge in [-0.05, 0) is 24.5 Å². The normalized spacial score (nSPS) is 10.1. The van der Waals surface area contributed by atoms with Crippen molar-refractivity contribution in [2.24, 2.45) is 0 Å². The molecule has 0 aliphatic heterocycles. The molecule has 0 atom stereocenters. The van der Waals surface area contributed by atoms with Gasteiger partial charge >= 0.3 is 5.97 Å². The molecule has 0 fully saturated rings. The molecule has 1 aromatic carbocycles. The van der Waals surface area contributed by atoms with E-state index in [2.05, 4.69) is 9.97 Å². The first-order chi connectivity index (χ1) is 9.63. The fraction of sp³-hybridized carbons (Fsp3) is 0.154. The summed E-state index contributed by atoms with van der Waals surface area (Å²) >= 11 is 1.44. The number of methoxy groups -OCH3 is 1. The van der Waals surface area contributed by atoms with E-state index in [1.165, 1.54) is 37.3 Å². The highest BCUT2D eigenvalue weighted by Crippen LogP contribution is 2.28. The number of rotatable bonds is 5. The van der Waals surface area contributed by atoms with Gasteiger partial charge in [0.2, 0.25) is 5.88 Å². The molecule has 6 nitrogen and oxygen atoms in total. The molecule has 0 bridgehead atoms. The summed E-state index contributed by atoms with van der Waals surface area (Å²) in [6.45, 7) is 0. The maximum Gasteiger partial charge on any atom is 0.339 e. The first-order valence-electron chi connectivity index (χ1n) is 5.59. The molecule has 0 radical (unpaired) electrons. The van der Waals surface area contributed by atoms with Crippen LogP contribution in [-0.4, -0.2) is 34.4 Å². The summed E-state index contributed by atoms with van der Waals surface area (Å²) in [5.74, 6) is -0.165. The van der Waals surface area contributed by atoms with Crippen LogP contribution >= 0.6 is 11.8 Å². The zero-order valence-corrected chi connectivity index (χ0v) is 11.7. The van der Waals surface area contributed by atoms with Gasteiger partial charge in [-0.1, -0.05) is 0 Å². The lowest BCUT2D eigenvalue weighted by atomic mass is 10.2. The van der Waals surface area contributed by atoms with E-state index in [-0.39, 0.29) is 17.2 Å². The predicted molar refractivity (Wildman–Crippen MR) is 73.8 cm³/mol. The summed E-state index contributed by atoms with van der Waals surface area (Å²) in [5, 5.41) is 9.93. The zero-order valence-electron chi connectivity index (χ0n) is 10.9. The van der Waals surface area contributed by atoms with E-state index in [4.69, 9.17) is 9.47 Å². The maximum atomic E-state index is 11.2. The Morgan fingerprint density at radius 2 is 2.10 bits per heavy atom. The minimum Gasteiger partial charge on any atom is -0.497 e. The van der Waals surface area contributed by atoms with Gasteiger partial charge in [0.15, 0.2) is 0 Å². The SMILES string of the molecule is COc1ccc(Oc2cc(SC)ncn2)c(C(=O)O)c1. The highest BCUT2D eigenvalue weighted by Gasteiger charge is 2.14. The molecule has 0 saturated carbocycles. The number of aromatic nitrogens is 2. The Balaban J connectivity index is 2.34. The number of benzene rings is 1. The van der Waals surface area contributed by atoms with E-state index < -0.39 is 5.97 Å². The van der Waals surface area contributed by atoms with Crippen molar-refractivity contribution in [2.45, 2.75) is 5.03 Å². The molecule has 7 heteroatoms. The fourth-order valence-electron chi connectivity index (χ4n) is 1.50. The molecule has 0 aliphatic rings. The van der Waals surface area contributed by atoms with Crippen LogP contribution in [0.4, 0.5) is 0 Å². The standard InChI is InChI=1S/C13H12N2O4S/c1-18-8-3-4-10(9(5-8)13(16)17)19-11-6-12(20-2)15-7-14-11/h3-7H,1-2H3,(H,16,17). The van der Waals surface area contributed by atoms with Crippen LogP contribution in [0.3, 0.4) is 0 Å². The van der Waals surface area contributed by atoms with Gasteiger partial charge in [-0.15, -0.1) is 11.8 Å². The smallest absolute Gasteiger partial charge is 0.339 e. The van der Waals surface area contributed by atoms with Gasteiger partial charge in [0, 0.05) is 6.07 Å². The summed E-state index contributed by atoms with van der Waals surface area (Å²) in [5.41, 5.74) is 0.00802. The lowest BCUT2D eigenvalue weighted by Crippen LogP contribution is -2.01. The molecule has 104 valence electrons. The van der Waals surface area contributed by atoms with Crippen LogP contribution in [0.2, 0.25) is 0 Å². The average molecular weight is 292 g/mol. The summed E-state index contributed by atoms with van der Waals surface area (Å²) < 4.78 is 10.5. The topological polar surface area (TPSA) is 81.5 Å². The van der Waals surface area contributed by atoms with E-state index in [1.807, 2.05) is 6.26 Å². The highest BCUT2D eigenvalue weighted by atomic mass is 32.2. The Morgan fingerprint density at radius 1 is 1.30 bits per heavy atom. The van der Waals surface area contributed by atoms with Crippen molar-refractivity contribution in [1.82, 2.24) is 9.97 Å². The molecule has 2 aromatic rings. The molecule has 1 heterocycles. The van der Waals surface area contributed by atoms with Crippen LogP contribution in [0.15, 0.2) is 35.6 Å². The van der Waals surface area contributed by atoms with Gasteiger partial charge in [-0.25, -0.2) is 14.8 Å². The number of carboxylic acids is 1. The molecule has 1 N–H and O–H groups in total. The van der Waals surface area contributed by atoms with Gasteiger partial charge in [-0.2, -0.15) is 0 Å². The van der Waals surface area contributed by atoms with Crippen molar-refractivity contribution in [1.29, 1.82) is 0 Å². The van der Waals surface area contributed by atoms with Crippen LogP contribution in [-0.2, 0) is 0 Å². The van der Waals surface area contributed by atoms with E-state index in [9.17, 15) is 9.90 Å². The minimum atomic E-state index is -1.10. The number of carboxylic acid groups (broad SMARTS) is 1. The number of nitrogens with zero attached hydrogens (tertiary/aromatic N) is 2. The molecule has 0 aliphatic carbocycles. The summed E-state index contributed by atoms with van der Waals surface area (Å²) in [6, 6.07) is 6.19. The number of aromatic carboxylic acids is 1. The highest BCUT2D eigenvalue weighted by molar-refractivity contribution is 7.98. The Kier molecular flexibility index (Phi) is 4.41. The third-order valence-corrected chi connectivity index (χ3v) is 3.10. The van der Waals surface area contributed by atoms with Crippen LogP contribution in [0.25, 0.3) is 0 Å². The van der Waals surface area contributed by atoms with E-state index in [1.54, 1.807) is 12.1 Å². The Bertz CT molecular complexity index is 634. The molecule has 0 spiro atoms. The Morgan fingerprint density at radius 3 is 2.75 bits per heavy atom. The molecule has 20 heavy (non-hydrogen) atoms. The molecule has 0 saturated heterocycles. The summed E-state index contributed by atoms with van der Waals surface area (Å²) in [4.78, 5) is 19.2. The van der Waals surface area contributed by atoms with Crippen molar-refractivity contribution >= 4 is 17.7 Å². The monoisotopic (exact) mass is 292 g/mol. The quantitative estimate of drug-likeness (QED) is 0.670. The second-order valence-corrected chi connectivity index (χ2v) is 4.49. The molecular weight excluding hydrogens is 280 g/mol. The van der Waals surface area contributed by atoms with Gasteiger partial charge in [0.1, 0.15) is 28.4 Å². The predicted octanol–water partition coefficient (Wildman–Crippen LogP) is 2.70. The number of hydrogen-bond donors (Lipinski definition) is 1. The van der Waals surface area contributed by atoms with Crippen LogP contribution in [0.5, 0.6) is 17.4 Å².